The lowest BCUT2D eigenvalue weighted by atomic mass is 10.2. The molecule has 0 unspecified atom stereocenters. The number of amidine groups is 1. The summed E-state index contributed by atoms with van der Waals surface area (Å²) < 4.78 is 0. The molecule has 0 atom stereocenters. The van der Waals surface area contributed by atoms with E-state index in [1.807, 2.05) is 6.92 Å². The van der Waals surface area contributed by atoms with Crippen LogP contribution in [0.1, 0.15) is 26.2 Å². The zero-order chi connectivity index (χ0) is 7.28. The van der Waals surface area contributed by atoms with Crippen LogP contribution in [-0.2, 0) is 4.79 Å². The molecule has 0 aliphatic rings. The summed E-state index contributed by atoms with van der Waals surface area (Å²) in [6.45, 7) is 1.81. The van der Waals surface area contributed by atoms with E-state index in [4.69, 9.17) is 11.1 Å². The van der Waals surface area contributed by atoms with Gasteiger partial charge in [0.25, 0.3) is 0 Å². The second-order valence-electron chi connectivity index (χ2n) is 1.92. The maximum absolute atomic E-state index is 10.6. The first-order valence-electron chi connectivity index (χ1n) is 3.01. The first kappa shape index (κ1) is 8.14. The highest BCUT2D eigenvalue weighted by Crippen LogP contribution is 1.92. The summed E-state index contributed by atoms with van der Waals surface area (Å²) in [7, 11) is 0. The fourth-order valence-corrected chi connectivity index (χ4v) is 0.451. The van der Waals surface area contributed by atoms with Crippen molar-refractivity contribution in [3.8, 4) is 0 Å². The highest BCUT2D eigenvalue weighted by atomic mass is 16.1. The Morgan fingerprint density at radius 2 is 2.11 bits per heavy atom. The molecule has 0 bridgehead atoms. The molecule has 52 valence electrons. The minimum Gasteiger partial charge on any atom is -0.388 e. The lowest BCUT2D eigenvalue weighted by molar-refractivity contribution is -0.118. The van der Waals surface area contributed by atoms with E-state index in [1.165, 1.54) is 0 Å². The van der Waals surface area contributed by atoms with Crippen molar-refractivity contribution in [3.63, 3.8) is 0 Å². The monoisotopic (exact) mass is 128 g/mol. The van der Waals surface area contributed by atoms with Crippen molar-refractivity contribution >= 4 is 11.6 Å². The summed E-state index contributed by atoms with van der Waals surface area (Å²) in [6.07, 6.45) is 1.38. The van der Waals surface area contributed by atoms with Crippen molar-refractivity contribution in [3.05, 3.63) is 0 Å². The number of hydrogen-bond acceptors (Lipinski definition) is 2. The van der Waals surface area contributed by atoms with Crippen LogP contribution < -0.4 is 5.73 Å². The number of carbonyl (C=O) groups excluding carboxylic acids is 1. The molecule has 3 heteroatoms. The minimum atomic E-state index is 0.0943. The fourth-order valence-electron chi connectivity index (χ4n) is 0.451. The molecule has 9 heavy (non-hydrogen) atoms. The minimum absolute atomic E-state index is 0.0943. The molecule has 0 radical (unpaired) electrons. The van der Waals surface area contributed by atoms with Gasteiger partial charge in [-0.3, -0.25) is 10.2 Å². The Balaban J connectivity index is 3.28. The quantitative estimate of drug-likeness (QED) is 0.432. The molecule has 3 nitrogen and oxygen atoms in total. The van der Waals surface area contributed by atoms with Gasteiger partial charge < -0.3 is 5.73 Å². The smallest absolute Gasteiger partial charge is 0.133 e. The first-order valence-corrected chi connectivity index (χ1v) is 3.01. The van der Waals surface area contributed by atoms with Crippen molar-refractivity contribution in [1.82, 2.24) is 0 Å². The van der Waals surface area contributed by atoms with E-state index in [1.54, 1.807) is 0 Å². The molecule has 0 aliphatic carbocycles. The van der Waals surface area contributed by atoms with Gasteiger partial charge in [-0.2, -0.15) is 0 Å². The number of carbonyl (C=O) groups is 1. The normalized spacial score (nSPS) is 9.00. The molecule has 0 amide bonds. The summed E-state index contributed by atoms with van der Waals surface area (Å²) >= 11 is 0. The number of Topliss-reactive ketones (excluding diaryl/α,β-unsaturated/α-hetero) is 1. The Morgan fingerprint density at radius 1 is 1.56 bits per heavy atom. The zero-order valence-electron chi connectivity index (χ0n) is 5.61. The van der Waals surface area contributed by atoms with E-state index in [9.17, 15) is 4.79 Å². The van der Waals surface area contributed by atoms with Gasteiger partial charge in [0, 0.05) is 19.3 Å². The van der Waals surface area contributed by atoms with Crippen LogP contribution in [0, 0.1) is 5.41 Å². The third-order valence-corrected chi connectivity index (χ3v) is 1.07. The Kier molecular flexibility index (Phi) is 3.67. The fraction of sp³-hybridized carbons (Fsp3) is 0.667. The summed E-state index contributed by atoms with van der Waals surface area (Å²) in [6, 6.07) is 0. The standard InChI is InChI=1S/C6H12N2O/c1-2-5(9)3-4-6(7)8/h2-4H2,1H3,(H3,7,8). The average molecular weight is 128 g/mol. The van der Waals surface area contributed by atoms with Crippen LogP contribution in [0.25, 0.3) is 0 Å². The maximum atomic E-state index is 10.6. The lowest BCUT2D eigenvalue weighted by Crippen LogP contribution is -2.11. The number of ketones is 1. The molecular weight excluding hydrogens is 116 g/mol. The van der Waals surface area contributed by atoms with Gasteiger partial charge in [-0.1, -0.05) is 6.92 Å². The molecule has 0 fully saturated rings. The van der Waals surface area contributed by atoms with E-state index in [-0.39, 0.29) is 11.6 Å². The zero-order valence-corrected chi connectivity index (χ0v) is 5.61. The molecule has 0 aromatic carbocycles. The summed E-state index contributed by atoms with van der Waals surface area (Å²) in [4.78, 5) is 10.6. The highest BCUT2D eigenvalue weighted by Gasteiger charge is 1.97. The first-order chi connectivity index (χ1) is 4.16. The SMILES string of the molecule is CCC(=O)CCC(=N)N. The van der Waals surface area contributed by atoms with E-state index >= 15 is 0 Å². The van der Waals surface area contributed by atoms with Gasteiger partial charge >= 0.3 is 0 Å². The maximum Gasteiger partial charge on any atom is 0.133 e. The third kappa shape index (κ3) is 5.00. The third-order valence-electron chi connectivity index (χ3n) is 1.07. The molecule has 3 N–H and O–H groups in total. The Hall–Kier alpha value is -0.860. The predicted molar refractivity (Wildman–Crippen MR) is 36.4 cm³/mol. The van der Waals surface area contributed by atoms with Gasteiger partial charge in [0.2, 0.25) is 0 Å². The van der Waals surface area contributed by atoms with E-state index < -0.39 is 0 Å². The van der Waals surface area contributed by atoms with E-state index in [0.717, 1.165) is 0 Å². The van der Waals surface area contributed by atoms with Gasteiger partial charge in [0.05, 0.1) is 5.84 Å². The number of rotatable bonds is 4. The molecule has 0 aliphatic heterocycles. The van der Waals surface area contributed by atoms with Crippen LogP contribution >= 0.6 is 0 Å². The summed E-state index contributed by atoms with van der Waals surface area (Å²) in [5, 5.41) is 6.79. The molecule has 0 heterocycles. The van der Waals surface area contributed by atoms with Crippen LogP contribution in [0.4, 0.5) is 0 Å². The van der Waals surface area contributed by atoms with E-state index in [0.29, 0.717) is 19.3 Å². The largest absolute Gasteiger partial charge is 0.388 e. The van der Waals surface area contributed by atoms with Crippen LogP contribution in [0.2, 0.25) is 0 Å². The average Bonchev–Trinajstić information content (AvgIpc) is 1.83. The predicted octanol–water partition coefficient (Wildman–Crippen LogP) is 0.682. The van der Waals surface area contributed by atoms with E-state index in [2.05, 4.69) is 0 Å². The van der Waals surface area contributed by atoms with Crippen molar-refractivity contribution < 1.29 is 4.79 Å². The molecule has 0 aromatic heterocycles. The van der Waals surface area contributed by atoms with Crippen LogP contribution in [0.5, 0.6) is 0 Å². The molecule has 0 saturated heterocycles. The molecule has 0 saturated carbocycles. The number of hydrogen-bond donors (Lipinski definition) is 2. The Labute approximate surface area is 54.8 Å². The molecule has 0 rings (SSSR count). The van der Waals surface area contributed by atoms with Gasteiger partial charge in [-0.25, -0.2) is 0 Å². The van der Waals surface area contributed by atoms with Crippen LogP contribution in [0.3, 0.4) is 0 Å². The molecule has 0 spiro atoms. The van der Waals surface area contributed by atoms with Gasteiger partial charge in [0.15, 0.2) is 0 Å². The van der Waals surface area contributed by atoms with Crippen LogP contribution in [-0.4, -0.2) is 11.6 Å². The van der Waals surface area contributed by atoms with Crippen LogP contribution in [0.15, 0.2) is 0 Å². The number of nitrogens with one attached hydrogen (secondary N) is 1. The summed E-state index contributed by atoms with van der Waals surface area (Å²) in [5.41, 5.74) is 5.03. The summed E-state index contributed by atoms with van der Waals surface area (Å²) in [5.74, 6) is 0.266. The number of nitrogens with two attached hydrogens (primary N) is 1. The van der Waals surface area contributed by atoms with Gasteiger partial charge in [0.1, 0.15) is 5.78 Å². The van der Waals surface area contributed by atoms with Gasteiger partial charge in [-0.15, -0.1) is 0 Å². The second kappa shape index (κ2) is 4.06. The topological polar surface area (TPSA) is 66.9 Å². The van der Waals surface area contributed by atoms with Crippen molar-refractivity contribution in [2.45, 2.75) is 26.2 Å². The molecular formula is C6H12N2O. The highest BCUT2D eigenvalue weighted by molar-refractivity contribution is 5.85. The van der Waals surface area contributed by atoms with Crippen molar-refractivity contribution in [2.75, 3.05) is 0 Å². The van der Waals surface area contributed by atoms with Gasteiger partial charge in [-0.05, 0) is 0 Å². The lowest BCUT2D eigenvalue weighted by Gasteiger charge is -1.93. The van der Waals surface area contributed by atoms with Crippen molar-refractivity contribution in [1.29, 1.82) is 5.41 Å². The Morgan fingerprint density at radius 3 is 2.44 bits per heavy atom. The van der Waals surface area contributed by atoms with Crippen molar-refractivity contribution in [2.24, 2.45) is 5.73 Å². The Bertz CT molecular complexity index is 120. The molecule has 0 aromatic rings. The second-order valence-corrected chi connectivity index (χ2v) is 1.92.